The summed E-state index contributed by atoms with van der Waals surface area (Å²) in [5.41, 5.74) is -0.730. The second-order valence-electron chi connectivity index (χ2n) is 2.73. The molecule has 0 aromatic carbocycles. The highest BCUT2D eigenvalue weighted by Gasteiger charge is 2.20. The lowest BCUT2D eigenvalue weighted by atomic mass is 10.0. The molecule has 0 radical (unpaired) electrons. The fourth-order valence-corrected chi connectivity index (χ4v) is 0.632. The van der Waals surface area contributed by atoms with Crippen molar-refractivity contribution in [1.82, 2.24) is 0 Å². The second kappa shape index (κ2) is 2.94. The van der Waals surface area contributed by atoms with Crippen molar-refractivity contribution in [2.24, 2.45) is 0 Å². The van der Waals surface area contributed by atoms with Gasteiger partial charge in [-0.1, -0.05) is 0 Å². The quantitative estimate of drug-likeness (QED) is 0.464. The maximum absolute atomic E-state index is 10.4. The summed E-state index contributed by atoms with van der Waals surface area (Å²) in [6, 6.07) is 0. The molecule has 0 aliphatic heterocycles. The van der Waals surface area contributed by atoms with Crippen LogP contribution < -0.4 is 0 Å². The van der Waals surface area contributed by atoms with Crippen LogP contribution in [0.5, 0.6) is 0 Å². The normalized spacial score (nSPS) is 11.6. The summed E-state index contributed by atoms with van der Waals surface area (Å²) in [4.78, 5) is 14.5. The Kier molecular flexibility index (Phi) is 2.81. The zero-order valence-electron chi connectivity index (χ0n) is 5.97. The monoisotopic (exact) mass is 132 g/mol. The molecule has 0 atom stereocenters. The molecule has 0 aromatic heterocycles. The van der Waals surface area contributed by atoms with E-state index < -0.39 is 5.60 Å². The van der Waals surface area contributed by atoms with Crippen molar-refractivity contribution in [2.45, 2.75) is 32.8 Å². The number of hydrogen-bond acceptors (Lipinski definition) is 3. The first-order valence-corrected chi connectivity index (χ1v) is 2.80. The first kappa shape index (κ1) is 8.59. The standard InChI is InChI=1S/C6H12O3/c1-5(7)4-6(2,3)9-8/h8H,4H2,1-3H3. The van der Waals surface area contributed by atoms with E-state index in [-0.39, 0.29) is 12.2 Å². The number of hydrogen-bond donors (Lipinski definition) is 1. The van der Waals surface area contributed by atoms with Gasteiger partial charge in [0.25, 0.3) is 0 Å². The Morgan fingerprint density at radius 2 is 2.11 bits per heavy atom. The van der Waals surface area contributed by atoms with Crippen molar-refractivity contribution >= 4 is 5.78 Å². The van der Waals surface area contributed by atoms with Crippen LogP contribution in [0.25, 0.3) is 0 Å². The van der Waals surface area contributed by atoms with Gasteiger partial charge in [0.15, 0.2) is 0 Å². The Morgan fingerprint density at radius 1 is 1.67 bits per heavy atom. The van der Waals surface area contributed by atoms with E-state index in [1.54, 1.807) is 13.8 Å². The number of ketones is 1. The van der Waals surface area contributed by atoms with Crippen molar-refractivity contribution in [2.75, 3.05) is 0 Å². The minimum absolute atomic E-state index is 0.00838. The highest BCUT2D eigenvalue weighted by molar-refractivity contribution is 5.76. The Hall–Kier alpha value is -0.410. The lowest BCUT2D eigenvalue weighted by molar-refractivity contribution is -0.311. The lowest BCUT2D eigenvalue weighted by Gasteiger charge is -2.17. The number of rotatable bonds is 3. The molecule has 54 valence electrons. The van der Waals surface area contributed by atoms with E-state index in [9.17, 15) is 4.79 Å². The number of carbonyl (C=O) groups is 1. The molecular formula is C6H12O3. The SMILES string of the molecule is CC(=O)CC(C)(C)OO. The summed E-state index contributed by atoms with van der Waals surface area (Å²) < 4.78 is 0. The molecule has 0 aromatic rings. The fourth-order valence-electron chi connectivity index (χ4n) is 0.632. The van der Waals surface area contributed by atoms with E-state index in [1.807, 2.05) is 0 Å². The van der Waals surface area contributed by atoms with E-state index in [0.29, 0.717) is 0 Å². The minimum atomic E-state index is -0.730. The van der Waals surface area contributed by atoms with Gasteiger partial charge in [-0.3, -0.25) is 10.1 Å². The van der Waals surface area contributed by atoms with Crippen LogP contribution in [0.1, 0.15) is 27.2 Å². The minimum Gasteiger partial charge on any atom is -0.300 e. The first-order chi connectivity index (χ1) is 3.98. The Labute approximate surface area is 54.6 Å². The molecule has 0 aliphatic carbocycles. The summed E-state index contributed by atoms with van der Waals surface area (Å²) in [7, 11) is 0. The highest BCUT2D eigenvalue weighted by atomic mass is 17.1. The zero-order chi connectivity index (χ0) is 7.49. The summed E-state index contributed by atoms with van der Waals surface area (Å²) in [6.45, 7) is 4.75. The van der Waals surface area contributed by atoms with Crippen LogP contribution in [0.4, 0.5) is 0 Å². The maximum atomic E-state index is 10.4. The topological polar surface area (TPSA) is 46.5 Å². The van der Waals surface area contributed by atoms with Crippen LogP contribution >= 0.6 is 0 Å². The summed E-state index contributed by atoms with van der Waals surface area (Å²) >= 11 is 0. The largest absolute Gasteiger partial charge is 0.300 e. The van der Waals surface area contributed by atoms with E-state index in [2.05, 4.69) is 4.89 Å². The third kappa shape index (κ3) is 4.12. The summed E-state index contributed by atoms with van der Waals surface area (Å²) in [5, 5.41) is 8.19. The smallest absolute Gasteiger partial charge is 0.132 e. The Morgan fingerprint density at radius 3 is 2.22 bits per heavy atom. The molecule has 0 bridgehead atoms. The Bertz CT molecular complexity index is 107. The molecule has 0 rings (SSSR count). The van der Waals surface area contributed by atoms with Crippen LogP contribution in [0.3, 0.4) is 0 Å². The van der Waals surface area contributed by atoms with E-state index in [0.717, 1.165) is 0 Å². The van der Waals surface area contributed by atoms with Gasteiger partial charge in [-0.2, -0.15) is 0 Å². The van der Waals surface area contributed by atoms with Gasteiger partial charge in [0, 0.05) is 6.42 Å². The van der Waals surface area contributed by atoms with Gasteiger partial charge in [-0.15, -0.1) is 0 Å². The Balaban J connectivity index is 3.71. The molecule has 0 saturated heterocycles. The molecule has 9 heavy (non-hydrogen) atoms. The summed E-state index contributed by atoms with van der Waals surface area (Å²) in [5.74, 6) is 0.00838. The van der Waals surface area contributed by atoms with Crippen molar-refractivity contribution in [3.63, 3.8) is 0 Å². The van der Waals surface area contributed by atoms with Gasteiger partial charge < -0.3 is 0 Å². The average Bonchev–Trinajstić information content (AvgIpc) is 1.63. The van der Waals surface area contributed by atoms with Crippen LogP contribution in [0.15, 0.2) is 0 Å². The van der Waals surface area contributed by atoms with Gasteiger partial charge in [0.05, 0.1) is 0 Å². The highest BCUT2D eigenvalue weighted by Crippen LogP contribution is 2.12. The van der Waals surface area contributed by atoms with Crippen molar-refractivity contribution in [3.05, 3.63) is 0 Å². The molecular weight excluding hydrogens is 120 g/mol. The van der Waals surface area contributed by atoms with Gasteiger partial charge in [-0.25, -0.2) is 4.89 Å². The first-order valence-electron chi connectivity index (χ1n) is 2.80. The fraction of sp³-hybridized carbons (Fsp3) is 0.833. The van der Waals surface area contributed by atoms with E-state index >= 15 is 0 Å². The molecule has 3 nitrogen and oxygen atoms in total. The van der Waals surface area contributed by atoms with E-state index in [4.69, 9.17) is 5.26 Å². The third-order valence-corrected chi connectivity index (χ3v) is 0.922. The molecule has 0 amide bonds. The molecule has 1 N–H and O–H groups in total. The second-order valence-corrected chi connectivity index (χ2v) is 2.73. The third-order valence-electron chi connectivity index (χ3n) is 0.922. The molecule has 3 heteroatoms. The molecule has 0 spiro atoms. The van der Waals surface area contributed by atoms with Crippen molar-refractivity contribution in [3.8, 4) is 0 Å². The van der Waals surface area contributed by atoms with Crippen molar-refractivity contribution < 1.29 is 14.9 Å². The number of carbonyl (C=O) groups excluding carboxylic acids is 1. The van der Waals surface area contributed by atoms with Crippen molar-refractivity contribution in [1.29, 1.82) is 0 Å². The molecule has 0 fully saturated rings. The maximum Gasteiger partial charge on any atom is 0.132 e. The molecule has 0 aliphatic rings. The van der Waals surface area contributed by atoms with Crippen LogP contribution in [-0.2, 0) is 9.68 Å². The van der Waals surface area contributed by atoms with Crippen LogP contribution in [-0.4, -0.2) is 16.6 Å². The van der Waals surface area contributed by atoms with Gasteiger partial charge >= 0.3 is 0 Å². The summed E-state index contributed by atoms with van der Waals surface area (Å²) in [6.07, 6.45) is 0.240. The molecule has 0 saturated carbocycles. The predicted molar refractivity (Wildman–Crippen MR) is 33.1 cm³/mol. The van der Waals surface area contributed by atoms with Gasteiger partial charge in [0.2, 0.25) is 0 Å². The van der Waals surface area contributed by atoms with Gasteiger partial charge in [0.1, 0.15) is 11.4 Å². The molecule has 0 unspecified atom stereocenters. The molecule has 0 heterocycles. The average molecular weight is 132 g/mol. The lowest BCUT2D eigenvalue weighted by Crippen LogP contribution is -2.25. The van der Waals surface area contributed by atoms with Gasteiger partial charge in [-0.05, 0) is 20.8 Å². The number of Topliss-reactive ketones (excluding diaryl/α,β-unsaturated/α-hetero) is 1. The van der Waals surface area contributed by atoms with Crippen LogP contribution in [0, 0.1) is 0 Å². The predicted octanol–water partition coefficient (Wildman–Crippen LogP) is 1.23. The zero-order valence-corrected chi connectivity index (χ0v) is 5.97. The van der Waals surface area contributed by atoms with E-state index in [1.165, 1.54) is 6.92 Å². The van der Waals surface area contributed by atoms with Crippen LogP contribution in [0.2, 0.25) is 0 Å².